The molecule has 2 aromatic rings. The van der Waals surface area contributed by atoms with Crippen molar-refractivity contribution in [3.63, 3.8) is 0 Å². The Hall–Kier alpha value is -1.36. The van der Waals surface area contributed by atoms with Crippen LogP contribution in [0.1, 0.15) is 23.3 Å². The van der Waals surface area contributed by atoms with Gasteiger partial charge in [-0.3, -0.25) is 9.78 Å². The molecule has 1 aromatic heterocycles. The molecule has 0 aliphatic heterocycles. The summed E-state index contributed by atoms with van der Waals surface area (Å²) in [6.07, 6.45) is 3.48. The molecule has 1 heterocycles. The Labute approximate surface area is 131 Å². The van der Waals surface area contributed by atoms with Crippen molar-refractivity contribution in [1.29, 1.82) is 0 Å². The number of nitrogens with two attached hydrogens (primary N) is 1. The molecular formula is C14H19Cl2N3O. The summed E-state index contributed by atoms with van der Waals surface area (Å²) in [4.78, 5) is 16.2. The number of halogens is 2. The van der Waals surface area contributed by atoms with Crippen LogP contribution in [0.25, 0.3) is 10.8 Å². The smallest absolute Gasteiger partial charge is 0.270 e. The van der Waals surface area contributed by atoms with Crippen molar-refractivity contribution >= 4 is 41.5 Å². The van der Waals surface area contributed by atoms with Crippen molar-refractivity contribution in [2.24, 2.45) is 5.73 Å². The molecular weight excluding hydrogens is 297 g/mol. The largest absolute Gasteiger partial charge is 0.351 e. The van der Waals surface area contributed by atoms with Crippen LogP contribution in [0.5, 0.6) is 0 Å². The number of pyridine rings is 1. The molecule has 0 unspecified atom stereocenters. The number of unbranched alkanes of at least 4 members (excludes halogenated alkanes) is 1. The fourth-order valence-corrected chi connectivity index (χ4v) is 1.86. The lowest BCUT2D eigenvalue weighted by Gasteiger charge is -2.06. The molecule has 0 bridgehead atoms. The van der Waals surface area contributed by atoms with Gasteiger partial charge in [0.25, 0.3) is 5.91 Å². The van der Waals surface area contributed by atoms with Gasteiger partial charge in [0.2, 0.25) is 0 Å². The fourth-order valence-electron chi connectivity index (χ4n) is 1.86. The van der Waals surface area contributed by atoms with Crippen LogP contribution in [0.2, 0.25) is 0 Å². The van der Waals surface area contributed by atoms with Crippen molar-refractivity contribution in [2.45, 2.75) is 12.8 Å². The first kappa shape index (κ1) is 18.6. The van der Waals surface area contributed by atoms with Gasteiger partial charge in [-0.25, -0.2) is 0 Å². The predicted octanol–water partition coefficient (Wildman–Crippen LogP) is 2.55. The first-order valence-electron chi connectivity index (χ1n) is 6.15. The zero-order valence-corrected chi connectivity index (χ0v) is 12.7. The van der Waals surface area contributed by atoms with Crippen molar-refractivity contribution in [1.82, 2.24) is 10.3 Å². The maximum absolute atomic E-state index is 12.0. The van der Waals surface area contributed by atoms with Gasteiger partial charge in [-0.1, -0.05) is 24.3 Å². The van der Waals surface area contributed by atoms with E-state index in [2.05, 4.69) is 10.3 Å². The minimum atomic E-state index is -0.121. The van der Waals surface area contributed by atoms with Crippen LogP contribution in [0, 0.1) is 0 Å². The normalized spacial score (nSPS) is 9.45. The van der Waals surface area contributed by atoms with Gasteiger partial charge in [-0.05, 0) is 30.8 Å². The Balaban J connectivity index is 0.00000180. The van der Waals surface area contributed by atoms with E-state index < -0.39 is 0 Å². The number of nitrogens with one attached hydrogen (secondary N) is 1. The summed E-state index contributed by atoms with van der Waals surface area (Å²) < 4.78 is 0. The lowest BCUT2D eigenvalue weighted by molar-refractivity contribution is 0.0950. The standard InChI is InChI=1S/C14H17N3O.2ClH/c15-8-3-4-9-17-14(18)13-12-6-2-1-5-11(12)7-10-16-13;;/h1-2,5-7,10H,3-4,8-9,15H2,(H,17,18);2*1H. The maximum atomic E-state index is 12.0. The molecule has 2 rings (SSSR count). The van der Waals surface area contributed by atoms with E-state index in [4.69, 9.17) is 5.73 Å². The zero-order valence-electron chi connectivity index (χ0n) is 11.0. The van der Waals surface area contributed by atoms with E-state index in [1.165, 1.54) is 0 Å². The van der Waals surface area contributed by atoms with E-state index >= 15 is 0 Å². The number of hydrogen-bond acceptors (Lipinski definition) is 3. The van der Waals surface area contributed by atoms with Crippen LogP contribution < -0.4 is 11.1 Å². The lowest BCUT2D eigenvalue weighted by atomic mass is 10.1. The van der Waals surface area contributed by atoms with Gasteiger partial charge < -0.3 is 11.1 Å². The molecule has 0 aliphatic rings. The number of hydrogen-bond donors (Lipinski definition) is 2. The highest BCUT2D eigenvalue weighted by atomic mass is 35.5. The summed E-state index contributed by atoms with van der Waals surface area (Å²) in [7, 11) is 0. The van der Waals surface area contributed by atoms with Crippen LogP contribution in [0.4, 0.5) is 0 Å². The Morgan fingerprint density at radius 2 is 1.90 bits per heavy atom. The number of aromatic nitrogens is 1. The molecule has 6 heteroatoms. The topological polar surface area (TPSA) is 68.0 Å². The number of rotatable bonds is 5. The van der Waals surface area contributed by atoms with Crippen LogP contribution in [-0.2, 0) is 0 Å². The summed E-state index contributed by atoms with van der Waals surface area (Å²) in [5.41, 5.74) is 5.89. The number of amides is 1. The van der Waals surface area contributed by atoms with Crippen molar-refractivity contribution in [3.05, 3.63) is 42.2 Å². The van der Waals surface area contributed by atoms with E-state index in [9.17, 15) is 4.79 Å². The first-order chi connectivity index (χ1) is 8.83. The summed E-state index contributed by atoms with van der Waals surface area (Å²) in [6, 6.07) is 9.65. The third-order valence-electron chi connectivity index (χ3n) is 2.81. The number of nitrogens with zero attached hydrogens (tertiary/aromatic N) is 1. The molecule has 20 heavy (non-hydrogen) atoms. The van der Waals surface area contributed by atoms with Gasteiger partial charge in [-0.2, -0.15) is 0 Å². The van der Waals surface area contributed by atoms with Crippen LogP contribution in [0.15, 0.2) is 36.5 Å². The highest BCUT2D eigenvalue weighted by Gasteiger charge is 2.10. The second-order valence-corrected chi connectivity index (χ2v) is 4.13. The van der Waals surface area contributed by atoms with Crippen LogP contribution in [-0.4, -0.2) is 24.0 Å². The van der Waals surface area contributed by atoms with Gasteiger partial charge in [0.1, 0.15) is 5.69 Å². The average molecular weight is 316 g/mol. The Morgan fingerprint density at radius 1 is 1.15 bits per heavy atom. The molecule has 110 valence electrons. The van der Waals surface area contributed by atoms with Gasteiger partial charge >= 0.3 is 0 Å². The average Bonchev–Trinajstić information content (AvgIpc) is 2.43. The van der Waals surface area contributed by atoms with Crippen molar-refractivity contribution in [2.75, 3.05) is 13.1 Å². The SMILES string of the molecule is Cl.Cl.NCCCCNC(=O)c1nccc2ccccc12. The minimum absolute atomic E-state index is 0. The zero-order chi connectivity index (χ0) is 12.8. The molecule has 0 fully saturated rings. The van der Waals surface area contributed by atoms with Crippen LogP contribution >= 0.6 is 24.8 Å². The van der Waals surface area contributed by atoms with Gasteiger partial charge in [0.15, 0.2) is 0 Å². The summed E-state index contributed by atoms with van der Waals surface area (Å²) >= 11 is 0. The predicted molar refractivity (Wildman–Crippen MR) is 86.9 cm³/mol. The summed E-state index contributed by atoms with van der Waals surface area (Å²) in [5, 5.41) is 4.78. The number of carbonyl (C=O) groups excluding carboxylic acids is 1. The van der Waals surface area contributed by atoms with E-state index in [0.717, 1.165) is 23.6 Å². The molecule has 3 N–H and O–H groups in total. The van der Waals surface area contributed by atoms with Gasteiger partial charge in [-0.15, -0.1) is 24.8 Å². The van der Waals surface area contributed by atoms with Crippen LogP contribution in [0.3, 0.4) is 0 Å². The molecule has 4 nitrogen and oxygen atoms in total. The number of fused-ring (bicyclic) bond motifs is 1. The first-order valence-corrected chi connectivity index (χ1v) is 6.15. The quantitative estimate of drug-likeness (QED) is 0.833. The highest BCUT2D eigenvalue weighted by molar-refractivity contribution is 6.05. The maximum Gasteiger partial charge on any atom is 0.270 e. The second-order valence-electron chi connectivity index (χ2n) is 4.13. The molecule has 0 radical (unpaired) electrons. The molecule has 0 aliphatic carbocycles. The Morgan fingerprint density at radius 3 is 2.65 bits per heavy atom. The van der Waals surface area contributed by atoms with Gasteiger partial charge in [0, 0.05) is 18.1 Å². The highest BCUT2D eigenvalue weighted by Crippen LogP contribution is 2.15. The second kappa shape index (κ2) is 9.53. The third-order valence-corrected chi connectivity index (χ3v) is 2.81. The Bertz CT molecular complexity index is 543. The third kappa shape index (κ3) is 4.63. The molecule has 0 spiro atoms. The van der Waals surface area contributed by atoms with Crippen molar-refractivity contribution < 1.29 is 4.79 Å². The molecule has 0 saturated heterocycles. The van der Waals surface area contributed by atoms with Crippen molar-refractivity contribution in [3.8, 4) is 0 Å². The molecule has 1 amide bonds. The number of benzene rings is 1. The van der Waals surface area contributed by atoms with E-state index in [1.807, 2.05) is 30.3 Å². The van der Waals surface area contributed by atoms with Gasteiger partial charge in [0.05, 0.1) is 0 Å². The summed E-state index contributed by atoms with van der Waals surface area (Å²) in [5.74, 6) is -0.121. The monoisotopic (exact) mass is 315 g/mol. The van der Waals surface area contributed by atoms with E-state index in [0.29, 0.717) is 18.8 Å². The van der Waals surface area contributed by atoms with E-state index in [-0.39, 0.29) is 30.7 Å². The minimum Gasteiger partial charge on any atom is -0.351 e. The molecule has 0 saturated carbocycles. The summed E-state index contributed by atoms with van der Waals surface area (Å²) in [6.45, 7) is 1.29. The molecule has 0 atom stereocenters. The fraction of sp³-hybridized carbons (Fsp3) is 0.286. The van der Waals surface area contributed by atoms with E-state index in [1.54, 1.807) is 6.20 Å². The Kier molecular flexibility index (Phi) is 8.88. The molecule has 1 aromatic carbocycles. The lowest BCUT2D eigenvalue weighted by Crippen LogP contribution is -2.26. The number of carbonyl (C=O) groups is 1.